The van der Waals surface area contributed by atoms with Gasteiger partial charge in [0.05, 0.1) is 5.69 Å². The lowest BCUT2D eigenvalue weighted by Gasteiger charge is -2.07. The van der Waals surface area contributed by atoms with Crippen LogP contribution in [0.4, 0.5) is 0 Å². The first-order valence-electron chi connectivity index (χ1n) is 4.80. The maximum Gasteiger partial charge on any atom is 0.161 e. The van der Waals surface area contributed by atoms with Crippen molar-refractivity contribution in [2.45, 2.75) is 13.8 Å². The van der Waals surface area contributed by atoms with Crippen LogP contribution in [0.5, 0.6) is 0 Å². The molecule has 76 valence electrons. The zero-order valence-electron chi connectivity index (χ0n) is 8.77. The Morgan fingerprint density at radius 2 is 2.20 bits per heavy atom. The van der Waals surface area contributed by atoms with E-state index in [0.717, 1.165) is 11.3 Å². The summed E-state index contributed by atoms with van der Waals surface area (Å²) >= 11 is 0. The molecule has 0 aliphatic carbocycles. The van der Waals surface area contributed by atoms with E-state index < -0.39 is 0 Å². The van der Waals surface area contributed by atoms with Crippen LogP contribution >= 0.6 is 0 Å². The van der Waals surface area contributed by atoms with Crippen molar-refractivity contribution >= 4 is 5.78 Å². The quantitative estimate of drug-likeness (QED) is 0.697. The van der Waals surface area contributed by atoms with Gasteiger partial charge in [-0.25, -0.2) is 4.68 Å². The maximum atomic E-state index is 11.5. The normalized spacial score (nSPS) is 10.3. The van der Waals surface area contributed by atoms with Crippen molar-refractivity contribution in [1.82, 2.24) is 9.78 Å². The minimum absolute atomic E-state index is 0.0594. The number of Topliss-reactive ketones (excluding diaryl/α,β-unsaturated/α-hetero) is 1. The lowest BCUT2D eigenvalue weighted by atomic mass is 10.1. The van der Waals surface area contributed by atoms with Gasteiger partial charge in [-0.2, -0.15) is 5.10 Å². The van der Waals surface area contributed by atoms with E-state index in [1.807, 2.05) is 37.4 Å². The zero-order chi connectivity index (χ0) is 10.8. The first-order chi connectivity index (χ1) is 7.18. The van der Waals surface area contributed by atoms with Gasteiger partial charge >= 0.3 is 0 Å². The van der Waals surface area contributed by atoms with Gasteiger partial charge in [-0.1, -0.05) is 11.6 Å². The van der Waals surface area contributed by atoms with E-state index in [1.54, 1.807) is 17.8 Å². The molecule has 0 radical (unpaired) electrons. The van der Waals surface area contributed by atoms with E-state index in [9.17, 15) is 4.79 Å². The SMILES string of the molecule is CC(=O)c1cc(C)ccc1-n1cccn1. The number of ketones is 1. The van der Waals surface area contributed by atoms with Gasteiger partial charge in [0, 0.05) is 18.0 Å². The van der Waals surface area contributed by atoms with Gasteiger partial charge in [-0.15, -0.1) is 0 Å². The highest BCUT2D eigenvalue weighted by Gasteiger charge is 2.08. The summed E-state index contributed by atoms with van der Waals surface area (Å²) in [5.74, 6) is 0.0594. The molecule has 2 rings (SSSR count). The molecule has 0 aliphatic rings. The van der Waals surface area contributed by atoms with Crippen LogP contribution in [0, 0.1) is 6.92 Å². The number of hydrogen-bond acceptors (Lipinski definition) is 2. The molecule has 3 heteroatoms. The van der Waals surface area contributed by atoms with Crippen LogP contribution < -0.4 is 0 Å². The topological polar surface area (TPSA) is 34.9 Å². The second-order valence-electron chi connectivity index (χ2n) is 3.53. The Morgan fingerprint density at radius 1 is 1.40 bits per heavy atom. The molecule has 0 spiro atoms. The third-order valence-corrected chi connectivity index (χ3v) is 2.28. The van der Waals surface area contributed by atoms with Crippen LogP contribution in [0.1, 0.15) is 22.8 Å². The van der Waals surface area contributed by atoms with Crippen molar-refractivity contribution in [3.05, 3.63) is 47.8 Å². The Balaban J connectivity index is 2.61. The number of aromatic nitrogens is 2. The third-order valence-electron chi connectivity index (χ3n) is 2.28. The monoisotopic (exact) mass is 200 g/mol. The van der Waals surface area contributed by atoms with Crippen LogP contribution in [0.15, 0.2) is 36.7 Å². The van der Waals surface area contributed by atoms with E-state index in [-0.39, 0.29) is 5.78 Å². The summed E-state index contributed by atoms with van der Waals surface area (Å²) in [6.07, 6.45) is 3.53. The molecule has 0 amide bonds. The molecule has 0 saturated carbocycles. The fourth-order valence-electron chi connectivity index (χ4n) is 1.54. The minimum Gasteiger partial charge on any atom is -0.294 e. The molecule has 0 fully saturated rings. The second-order valence-corrected chi connectivity index (χ2v) is 3.53. The molecule has 0 N–H and O–H groups in total. The number of rotatable bonds is 2. The molecular formula is C12H12N2O. The fourth-order valence-corrected chi connectivity index (χ4v) is 1.54. The summed E-state index contributed by atoms with van der Waals surface area (Å²) in [6, 6.07) is 7.62. The average molecular weight is 200 g/mol. The van der Waals surface area contributed by atoms with Crippen LogP contribution in [-0.4, -0.2) is 15.6 Å². The summed E-state index contributed by atoms with van der Waals surface area (Å²) < 4.78 is 1.70. The van der Waals surface area contributed by atoms with E-state index in [4.69, 9.17) is 0 Å². The maximum absolute atomic E-state index is 11.5. The summed E-state index contributed by atoms with van der Waals surface area (Å²) in [5.41, 5.74) is 2.62. The lowest BCUT2D eigenvalue weighted by molar-refractivity contribution is 0.101. The fraction of sp³-hybridized carbons (Fsp3) is 0.167. The van der Waals surface area contributed by atoms with Crippen molar-refractivity contribution in [3.63, 3.8) is 0 Å². The van der Waals surface area contributed by atoms with Gasteiger partial charge < -0.3 is 0 Å². The molecule has 0 atom stereocenters. The molecule has 0 unspecified atom stereocenters. The van der Waals surface area contributed by atoms with Gasteiger partial charge in [-0.3, -0.25) is 4.79 Å². The van der Waals surface area contributed by atoms with Crippen LogP contribution in [0.25, 0.3) is 5.69 Å². The molecule has 2 aromatic rings. The number of hydrogen-bond donors (Lipinski definition) is 0. The molecule has 0 saturated heterocycles. The molecule has 0 bridgehead atoms. The number of carbonyl (C=O) groups excluding carboxylic acids is 1. The van der Waals surface area contributed by atoms with E-state index >= 15 is 0 Å². The Labute approximate surface area is 88.4 Å². The summed E-state index contributed by atoms with van der Waals surface area (Å²) in [5, 5.41) is 4.12. The Bertz CT molecular complexity index is 486. The number of nitrogens with zero attached hydrogens (tertiary/aromatic N) is 2. The highest BCUT2D eigenvalue weighted by Crippen LogP contribution is 2.16. The van der Waals surface area contributed by atoms with Crippen molar-refractivity contribution in [2.24, 2.45) is 0 Å². The lowest BCUT2D eigenvalue weighted by Crippen LogP contribution is -2.04. The average Bonchev–Trinajstić information content (AvgIpc) is 2.70. The predicted octanol–water partition coefficient (Wildman–Crippen LogP) is 2.38. The van der Waals surface area contributed by atoms with E-state index in [1.165, 1.54) is 0 Å². The third kappa shape index (κ3) is 1.81. The van der Waals surface area contributed by atoms with Crippen LogP contribution in [0.3, 0.4) is 0 Å². The van der Waals surface area contributed by atoms with Gasteiger partial charge in [0.15, 0.2) is 5.78 Å². The molecule has 0 aliphatic heterocycles. The first-order valence-corrected chi connectivity index (χ1v) is 4.80. The van der Waals surface area contributed by atoms with Crippen LogP contribution in [0.2, 0.25) is 0 Å². The molecule has 15 heavy (non-hydrogen) atoms. The highest BCUT2D eigenvalue weighted by atomic mass is 16.1. The summed E-state index contributed by atoms with van der Waals surface area (Å²) in [7, 11) is 0. The number of benzene rings is 1. The first kappa shape index (κ1) is 9.65. The predicted molar refractivity (Wildman–Crippen MR) is 58.3 cm³/mol. The summed E-state index contributed by atoms with van der Waals surface area (Å²) in [6.45, 7) is 3.54. The van der Waals surface area contributed by atoms with Crippen molar-refractivity contribution in [3.8, 4) is 5.69 Å². The molecule has 1 aromatic carbocycles. The smallest absolute Gasteiger partial charge is 0.161 e. The minimum atomic E-state index is 0.0594. The number of aryl methyl sites for hydroxylation is 1. The largest absolute Gasteiger partial charge is 0.294 e. The molecule has 1 heterocycles. The van der Waals surface area contributed by atoms with Gasteiger partial charge in [0.25, 0.3) is 0 Å². The van der Waals surface area contributed by atoms with Crippen molar-refractivity contribution in [1.29, 1.82) is 0 Å². The molecular weight excluding hydrogens is 188 g/mol. The standard InChI is InChI=1S/C12H12N2O/c1-9-4-5-12(11(8-9)10(2)15)14-7-3-6-13-14/h3-8H,1-2H3. The van der Waals surface area contributed by atoms with E-state index in [0.29, 0.717) is 5.56 Å². The summed E-state index contributed by atoms with van der Waals surface area (Å²) in [4.78, 5) is 11.5. The Kier molecular flexibility index (Phi) is 2.37. The van der Waals surface area contributed by atoms with Gasteiger partial charge in [0.2, 0.25) is 0 Å². The zero-order valence-corrected chi connectivity index (χ0v) is 8.77. The Hall–Kier alpha value is -1.90. The second kappa shape index (κ2) is 3.69. The van der Waals surface area contributed by atoms with Crippen LogP contribution in [-0.2, 0) is 0 Å². The van der Waals surface area contributed by atoms with Crippen molar-refractivity contribution < 1.29 is 4.79 Å². The number of carbonyl (C=O) groups is 1. The van der Waals surface area contributed by atoms with Gasteiger partial charge in [-0.05, 0) is 32.0 Å². The molecule has 3 nitrogen and oxygen atoms in total. The van der Waals surface area contributed by atoms with Gasteiger partial charge in [0.1, 0.15) is 0 Å². The van der Waals surface area contributed by atoms with Crippen molar-refractivity contribution in [2.75, 3.05) is 0 Å². The Morgan fingerprint density at radius 3 is 2.80 bits per heavy atom. The molecule has 1 aromatic heterocycles. The highest BCUT2D eigenvalue weighted by molar-refractivity contribution is 5.97. The van der Waals surface area contributed by atoms with E-state index in [2.05, 4.69) is 5.10 Å².